The lowest BCUT2D eigenvalue weighted by Crippen LogP contribution is -2.44. The number of anilines is 1. The van der Waals surface area contributed by atoms with E-state index in [1.54, 1.807) is 0 Å². The minimum Gasteiger partial charge on any atom is -0.378 e. The van der Waals surface area contributed by atoms with Crippen LogP contribution in [0.3, 0.4) is 0 Å². The molecule has 150 valence electrons. The molecule has 3 aromatic rings. The van der Waals surface area contributed by atoms with Crippen molar-refractivity contribution in [3.05, 3.63) is 53.3 Å². The molecule has 0 bridgehead atoms. The van der Waals surface area contributed by atoms with Gasteiger partial charge < -0.3 is 10.4 Å². The SMILES string of the molecule is C[C@](O)(Cn1nnc2ccc(F)cc21)C(=O)Nc1ccc(C#N)c(C(F)(F)F)c1. The van der Waals surface area contributed by atoms with Crippen molar-refractivity contribution >= 4 is 22.6 Å². The van der Waals surface area contributed by atoms with E-state index in [0.29, 0.717) is 11.6 Å². The number of aliphatic hydroxyl groups is 1. The Morgan fingerprint density at radius 1 is 1.28 bits per heavy atom. The second-order valence-corrected chi connectivity index (χ2v) is 6.48. The molecule has 1 heterocycles. The Labute approximate surface area is 161 Å². The quantitative estimate of drug-likeness (QED) is 0.648. The van der Waals surface area contributed by atoms with Crippen molar-refractivity contribution in [2.24, 2.45) is 0 Å². The van der Waals surface area contributed by atoms with E-state index in [1.807, 2.05) is 0 Å². The van der Waals surface area contributed by atoms with E-state index in [-0.39, 0.29) is 11.2 Å². The highest BCUT2D eigenvalue weighted by Gasteiger charge is 2.35. The molecule has 1 amide bonds. The first-order chi connectivity index (χ1) is 13.5. The summed E-state index contributed by atoms with van der Waals surface area (Å²) in [6.07, 6.45) is -4.79. The lowest BCUT2D eigenvalue weighted by Gasteiger charge is -2.22. The number of hydrogen-bond acceptors (Lipinski definition) is 5. The maximum Gasteiger partial charge on any atom is 0.417 e. The summed E-state index contributed by atoms with van der Waals surface area (Å²) in [5.41, 5.74) is -3.61. The molecular formula is C18H13F4N5O2. The van der Waals surface area contributed by atoms with Gasteiger partial charge in [-0.05, 0) is 37.3 Å². The molecule has 0 aliphatic rings. The van der Waals surface area contributed by atoms with Gasteiger partial charge in [0.15, 0.2) is 5.60 Å². The van der Waals surface area contributed by atoms with E-state index in [4.69, 9.17) is 5.26 Å². The van der Waals surface area contributed by atoms with E-state index < -0.39 is 41.2 Å². The topological polar surface area (TPSA) is 104 Å². The van der Waals surface area contributed by atoms with Crippen LogP contribution in [0.15, 0.2) is 36.4 Å². The van der Waals surface area contributed by atoms with E-state index in [2.05, 4.69) is 15.6 Å². The normalized spacial score (nSPS) is 13.7. The summed E-state index contributed by atoms with van der Waals surface area (Å²) in [6.45, 7) is 0.699. The zero-order chi connectivity index (χ0) is 21.4. The third kappa shape index (κ3) is 4.17. The molecule has 0 spiro atoms. The van der Waals surface area contributed by atoms with Gasteiger partial charge in [0.05, 0.1) is 29.3 Å². The predicted octanol–water partition coefficient (Wildman–Crippen LogP) is 2.85. The van der Waals surface area contributed by atoms with Crippen LogP contribution in [0, 0.1) is 17.1 Å². The number of fused-ring (bicyclic) bond motifs is 1. The molecular weight excluding hydrogens is 394 g/mol. The van der Waals surface area contributed by atoms with Gasteiger partial charge in [0.2, 0.25) is 0 Å². The number of nitriles is 1. The van der Waals surface area contributed by atoms with Crippen LogP contribution in [0.1, 0.15) is 18.1 Å². The van der Waals surface area contributed by atoms with Crippen LogP contribution in [-0.2, 0) is 17.5 Å². The monoisotopic (exact) mass is 407 g/mol. The first kappa shape index (κ1) is 20.2. The van der Waals surface area contributed by atoms with Crippen molar-refractivity contribution in [3.63, 3.8) is 0 Å². The third-order valence-corrected chi connectivity index (χ3v) is 4.13. The van der Waals surface area contributed by atoms with Crippen LogP contribution >= 0.6 is 0 Å². The fraction of sp³-hybridized carbons (Fsp3) is 0.222. The zero-order valence-corrected chi connectivity index (χ0v) is 14.8. The summed E-state index contributed by atoms with van der Waals surface area (Å²) < 4.78 is 53.7. The minimum absolute atomic E-state index is 0.232. The van der Waals surface area contributed by atoms with Gasteiger partial charge in [-0.1, -0.05) is 5.21 Å². The van der Waals surface area contributed by atoms with Gasteiger partial charge in [-0.2, -0.15) is 18.4 Å². The Balaban J connectivity index is 1.84. The number of halogens is 4. The van der Waals surface area contributed by atoms with Crippen molar-refractivity contribution in [1.29, 1.82) is 5.26 Å². The van der Waals surface area contributed by atoms with Crippen LogP contribution in [-0.4, -0.2) is 31.6 Å². The molecule has 3 rings (SSSR count). The number of carbonyl (C=O) groups excluding carboxylic acids is 1. The van der Waals surface area contributed by atoms with Crippen molar-refractivity contribution in [2.75, 3.05) is 5.32 Å². The number of rotatable bonds is 4. The van der Waals surface area contributed by atoms with E-state index >= 15 is 0 Å². The Hall–Kier alpha value is -3.52. The minimum atomic E-state index is -4.79. The van der Waals surface area contributed by atoms with Crippen molar-refractivity contribution in [2.45, 2.75) is 25.2 Å². The molecule has 0 saturated heterocycles. The molecule has 0 radical (unpaired) electrons. The first-order valence-corrected chi connectivity index (χ1v) is 8.15. The van der Waals surface area contributed by atoms with Gasteiger partial charge in [-0.25, -0.2) is 9.07 Å². The van der Waals surface area contributed by atoms with Gasteiger partial charge in [0.25, 0.3) is 5.91 Å². The number of amides is 1. The fourth-order valence-electron chi connectivity index (χ4n) is 2.64. The largest absolute Gasteiger partial charge is 0.417 e. The fourth-order valence-corrected chi connectivity index (χ4v) is 2.64. The second-order valence-electron chi connectivity index (χ2n) is 6.48. The molecule has 0 unspecified atom stereocenters. The maximum absolute atomic E-state index is 13.4. The van der Waals surface area contributed by atoms with Crippen molar-refractivity contribution in [3.8, 4) is 6.07 Å². The summed E-state index contributed by atoms with van der Waals surface area (Å²) in [4.78, 5) is 12.4. The molecule has 0 saturated carbocycles. The molecule has 11 heteroatoms. The number of aromatic nitrogens is 3. The highest BCUT2D eigenvalue weighted by Crippen LogP contribution is 2.33. The Kier molecular flexibility index (Phi) is 4.98. The van der Waals surface area contributed by atoms with Gasteiger partial charge in [0.1, 0.15) is 11.3 Å². The highest BCUT2D eigenvalue weighted by molar-refractivity contribution is 5.97. The number of benzene rings is 2. The number of alkyl halides is 3. The molecule has 0 aliphatic heterocycles. The first-order valence-electron chi connectivity index (χ1n) is 8.15. The summed E-state index contributed by atoms with van der Waals surface area (Å²) >= 11 is 0. The summed E-state index contributed by atoms with van der Waals surface area (Å²) in [5, 5.41) is 29.1. The Morgan fingerprint density at radius 3 is 2.66 bits per heavy atom. The number of carbonyl (C=O) groups is 1. The van der Waals surface area contributed by atoms with Gasteiger partial charge in [0, 0.05) is 11.8 Å². The molecule has 1 atom stereocenters. The van der Waals surface area contributed by atoms with Crippen LogP contribution in [0.4, 0.5) is 23.2 Å². The molecule has 0 fully saturated rings. The van der Waals surface area contributed by atoms with Gasteiger partial charge >= 0.3 is 6.18 Å². The summed E-state index contributed by atoms with van der Waals surface area (Å²) in [7, 11) is 0. The molecule has 7 nitrogen and oxygen atoms in total. The lowest BCUT2D eigenvalue weighted by molar-refractivity contribution is -0.138. The van der Waals surface area contributed by atoms with Crippen LogP contribution in [0.2, 0.25) is 0 Å². The van der Waals surface area contributed by atoms with Crippen LogP contribution in [0.25, 0.3) is 11.0 Å². The third-order valence-electron chi connectivity index (χ3n) is 4.13. The number of nitrogens with one attached hydrogen (secondary N) is 1. The van der Waals surface area contributed by atoms with E-state index in [1.165, 1.54) is 18.2 Å². The average Bonchev–Trinajstić information content (AvgIpc) is 3.02. The Bertz CT molecular complexity index is 1130. The second kappa shape index (κ2) is 7.14. The van der Waals surface area contributed by atoms with Gasteiger partial charge in [-0.3, -0.25) is 4.79 Å². The average molecular weight is 407 g/mol. The number of hydrogen-bond donors (Lipinski definition) is 2. The van der Waals surface area contributed by atoms with Crippen molar-refractivity contribution < 1.29 is 27.5 Å². The molecule has 2 aromatic carbocycles. The van der Waals surface area contributed by atoms with E-state index in [0.717, 1.165) is 29.8 Å². The summed E-state index contributed by atoms with van der Waals surface area (Å²) in [6, 6.07) is 7.74. The van der Waals surface area contributed by atoms with Crippen LogP contribution < -0.4 is 5.32 Å². The molecule has 0 aliphatic carbocycles. The maximum atomic E-state index is 13.4. The molecule has 2 N–H and O–H groups in total. The highest BCUT2D eigenvalue weighted by atomic mass is 19.4. The standard InChI is InChI=1S/C18H13F4N5O2/c1-17(29,9-27-15-6-11(19)3-5-14(15)25-26-27)16(28)24-12-4-2-10(8-23)13(7-12)18(20,21)22/h2-7,29H,9H2,1H3,(H,24,28)/t17-/m0/s1. The van der Waals surface area contributed by atoms with Crippen molar-refractivity contribution in [1.82, 2.24) is 15.0 Å². The van der Waals surface area contributed by atoms with Crippen LogP contribution in [0.5, 0.6) is 0 Å². The molecule has 1 aromatic heterocycles. The molecule has 29 heavy (non-hydrogen) atoms. The van der Waals surface area contributed by atoms with E-state index in [9.17, 15) is 27.5 Å². The Morgan fingerprint density at radius 2 is 2.00 bits per heavy atom. The predicted molar refractivity (Wildman–Crippen MR) is 92.9 cm³/mol. The number of nitrogens with zero attached hydrogens (tertiary/aromatic N) is 4. The lowest BCUT2D eigenvalue weighted by atomic mass is 10.0. The zero-order valence-electron chi connectivity index (χ0n) is 14.8. The summed E-state index contributed by atoms with van der Waals surface area (Å²) in [5.74, 6) is -1.59. The van der Waals surface area contributed by atoms with Gasteiger partial charge in [-0.15, -0.1) is 5.10 Å². The smallest absolute Gasteiger partial charge is 0.378 e.